The number of nitrogens with one attached hydrogen (secondary N) is 3. The summed E-state index contributed by atoms with van der Waals surface area (Å²) in [4.78, 5) is 72.8. The molecule has 1 aliphatic heterocycles. The molecule has 8 atom stereocenters. The number of unbranched alkanes of at least 4 members (excludes halogenated alkanes) is 8. The van der Waals surface area contributed by atoms with Crippen LogP contribution in [0.5, 0.6) is 0 Å². The average molecular weight is 713 g/mol. The van der Waals surface area contributed by atoms with Gasteiger partial charge in [0.25, 0.3) is 0 Å². The Morgan fingerprint density at radius 1 is 0.820 bits per heavy atom. The number of primary amides is 1. The molecule has 50 heavy (non-hydrogen) atoms. The molecule has 7 N–H and O–H groups in total. The molecule has 14 heteroatoms. The van der Waals surface area contributed by atoms with E-state index in [2.05, 4.69) is 29.8 Å². The zero-order valence-electron chi connectivity index (χ0n) is 31.0. The second-order valence-corrected chi connectivity index (χ2v) is 14.3. The molecule has 0 saturated carbocycles. The Labute approximate surface area is 297 Å². The number of carbonyl (C=O) groups is 6. The Morgan fingerprint density at radius 2 is 1.40 bits per heavy atom. The van der Waals surface area contributed by atoms with E-state index in [1.165, 1.54) is 52.4 Å². The van der Waals surface area contributed by atoms with Gasteiger partial charge in [0.15, 0.2) is 0 Å². The molecule has 0 aromatic heterocycles. The van der Waals surface area contributed by atoms with Gasteiger partial charge in [0.05, 0.1) is 18.2 Å². The van der Waals surface area contributed by atoms with Gasteiger partial charge < -0.3 is 41.4 Å². The molecule has 0 radical (unpaired) electrons. The summed E-state index contributed by atoms with van der Waals surface area (Å²) in [7, 11) is 0. The minimum Gasteiger partial charge on any atom is -0.481 e. The summed E-state index contributed by atoms with van der Waals surface area (Å²) in [5, 5.41) is 27.9. The minimum atomic E-state index is -1.22. The predicted molar refractivity (Wildman–Crippen MR) is 187 cm³/mol. The molecule has 0 aromatic rings. The Balaban J connectivity index is 2.63. The lowest BCUT2D eigenvalue weighted by Crippen LogP contribution is -2.61. The summed E-state index contributed by atoms with van der Waals surface area (Å²) >= 11 is 0. The van der Waals surface area contributed by atoms with Crippen molar-refractivity contribution in [1.82, 2.24) is 16.0 Å². The van der Waals surface area contributed by atoms with Crippen LogP contribution in [0, 0.1) is 17.8 Å². The number of rotatable bonds is 25. The normalized spacial score (nSPS) is 22.2. The van der Waals surface area contributed by atoms with Gasteiger partial charge in [-0.05, 0) is 39.0 Å². The third-order valence-corrected chi connectivity index (χ3v) is 9.25. The molecule has 1 saturated heterocycles. The van der Waals surface area contributed by atoms with Crippen LogP contribution < -0.4 is 21.7 Å². The van der Waals surface area contributed by atoms with Gasteiger partial charge in [-0.3, -0.25) is 28.8 Å². The van der Waals surface area contributed by atoms with E-state index >= 15 is 0 Å². The molecule has 0 aliphatic carbocycles. The molecule has 1 aliphatic rings. The first-order valence-corrected chi connectivity index (χ1v) is 18.4. The molecule has 1 rings (SSSR count). The van der Waals surface area contributed by atoms with E-state index in [9.17, 15) is 33.9 Å². The molecule has 0 spiro atoms. The topological polar surface area (TPSA) is 223 Å². The number of nitrogens with two attached hydrogens (primary N) is 1. The maximum Gasteiger partial charge on any atom is 0.305 e. The van der Waals surface area contributed by atoms with Crippen LogP contribution in [-0.2, 0) is 38.2 Å². The third kappa shape index (κ3) is 18.1. The summed E-state index contributed by atoms with van der Waals surface area (Å²) in [5.41, 5.74) is 5.28. The fourth-order valence-electron chi connectivity index (χ4n) is 6.25. The van der Waals surface area contributed by atoms with Crippen molar-refractivity contribution in [3.05, 3.63) is 0 Å². The number of esters is 1. The van der Waals surface area contributed by atoms with Crippen LogP contribution in [-0.4, -0.2) is 88.8 Å². The first kappa shape index (κ1) is 44.8. The van der Waals surface area contributed by atoms with Crippen LogP contribution in [0.15, 0.2) is 0 Å². The Morgan fingerprint density at radius 3 is 1.94 bits per heavy atom. The summed E-state index contributed by atoms with van der Waals surface area (Å²) in [6.07, 6.45) is 8.71. The maximum atomic E-state index is 13.1. The molecule has 1 fully saturated rings. The summed E-state index contributed by atoms with van der Waals surface area (Å²) < 4.78 is 11.4. The van der Waals surface area contributed by atoms with E-state index in [0.29, 0.717) is 0 Å². The molecule has 4 amide bonds. The Bertz CT molecular complexity index is 1090. The number of aliphatic hydroxyl groups excluding tert-OH is 1. The molecular formula is C36H64N4O10. The number of amides is 4. The first-order valence-electron chi connectivity index (χ1n) is 18.4. The van der Waals surface area contributed by atoms with Crippen LogP contribution in [0.1, 0.15) is 131 Å². The standard InChI is InChI=1S/C36H64N4O10/c1-22(2)16-14-12-10-8-7-9-11-13-15-17-31(44)49-21-29-33(45)27(32(25(5)50-29)39-26(6)41)20-23(3)35(47)38-24(4)36(48)40-28(34(37)46)18-19-30(42)43/h22-25,27-29,32-33,45H,7-21H2,1-6H3,(H2,37,46)(H,38,47)(H,39,41)(H,40,48)(H,42,43)/t23-,24-,25?,27?,28-,29?,32?,33?/m0/s1. The number of aliphatic hydroxyl groups is 1. The lowest BCUT2D eigenvalue weighted by molar-refractivity contribution is -0.184. The number of carboxylic acid groups (broad SMARTS) is 1. The van der Waals surface area contributed by atoms with Crippen molar-refractivity contribution in [2.75, 3.05) is 6.61 Å². The van der Waals surface area contributed by atoms with Gasteiger partial charge >= 0.3 is 11.9 Å². The van der Waals surface area contributed by atoms with Gasteiger partial charge in [0.2, 0.25) is 23.6 Å². The van der Waals surface area contributed by atoms with Gasteiger partial charge in [0, 0.05) is 31.6 Å². The van der Waals surface area contributed by atoms with Crippen molar-refractivity contribution < 1.29 is 48.5 Å². The molecule has 0 bridgehead atoms. The van der Waals surface area contributed by atoms with Crippen molar-refractivity contribution >= 4 is 35.6 Å². The monoisotopic (exact) mass is 712 g/mol. The van der Waals surface area contributed by atoms with Crippen LogP contribution in [0.25, 0.3) is 0 Å². The second-order valence-electron chi connectivity index (χ2n) is 14.3. The summed E-state index contributed by atoms with van der Waals surface area (Å²) in [6.45, 7) is 10.4. The van der Waals surface area contributed by atoms with Crippen LogP contribution in [0.4, 0.5) is 0 Å². The molecule has 5 unspecified atom stereocenters. The Hall–Kier alpha value is -3.26. The molecule has 288 valence electrons. The molecule has 14 nitrogen and oxygen atoms in total. The number of carboxylic acids is 1. The lowest BCUT2D eigenvalue weighted by Gasteiger charge is -2.45. The van der Waals surface area contributed by atoms with E-state index in [1.807, 2.05) is 0 Å². The number of carbonyl (C=O) groups excluding carboxylic acids is 5. The first-order chi connectivity index (χ1) is 23.5. The van der Waals surface area contributed by atoms with Crippen molar-refractivity contribution in [2.45, 2.75) is 168 Å². The highest BCUT2D eigenvalue weighted by molar-refractivity contribution is 5.91. The van der Waals surface area contributed by atoms with E-state index in [0.717, 1.165) is 31.6 Å². The molecular weight excluding hydrogens is 648 g/mol. The van der Waals surface area contributed by atoms with Crippen LogP contribution >= 0.6 is 0 Å². The average Bonchev–Trinajstić information content (AvgIpc) is 3.03. The van der Waals surface area contributed by atoms with Gasteiger partial charge in [-0.15, -0.1) is 0 Å². The molecule has 1 heterocycles. The summed E-state index contributed by atoms with van der Waals surface area (Å²) in [5.74, 6) is -4.64. The fourth-order valence-corrected chi connectivity index (χ4v) is 6.25. The van der Waals surface area contributed by atoms with E-state index in [4.69, 9.17) is 20.3 Å². The predicted octanol–water partition coefficient (Wildman–Crippen LogP) is 3.11. The Kier molecular flexibility index (Phi) is 21.5. The quantitative estimate of drug-likeness (QED) is 0.0599. The highest BCUT2D eigenvalue weighted by atomic mass is 16.6. The second kappa shape index (κ2) is 24.0. The fraction of sp³-hybridized carbons (Fsp3) is 0.833. The third-order valence-electron chi connectivity index (χ3n) is 9.25. The van der Waals surface area contributed by atoms with Crippen LogP contribution in [0.3, 0.4) is 0 Å². The van der Waals surface area contributed by atoms with E-state index in [1.54, 1.807) is 13.8 Å². The number of hydrogen-bond acceptors (Lipinski definition) is 9. The number of ether oxygens (including phenoxy) is 2. The zero-order valence-corrected chi connectivity index (χ0v) is 31.0. The smallest absolute Gasteiger partial charge is 0.305 e. The van der Waals surface area contributed by atoms with Gasteiger partial charge in [-0.1, -0.05) is 78.6 Å². The minimum absolute atomic E-state index is 0.102. The highest BCUT2D eigenvalue weighted by Gasteiger charge is 2.45. The highest BCUT2D eigenvalue weighted by Crippen LogP contribution is 2.32. The van der Waals surface area contributed by atoms with Gasteiger partial charge in [-0.2, -0.15) is 0 Å². The summed E-state index contributed by atoms with van der Waals surface area (Å²) in [6, 6.07) is -2.95. The van der Waals surface area contributed by atoms with Crippen molar-refractivity contribution in [2.24, 2.45) is 23.5 Å². The largest absolute Gasteiger partial charge is 0.481 e. The van der Waals surface area contributed by atoms with Gasteiger partial charge in [0.1, 0.15) is 24.8 Å². The number of aliphatic carboxylic acids is 1. The lowest BCUT2D eigenvalue weighted by atomic mass is 9.78. The molecule has 0 aromatic carbocycles. The van der Waals surface area contributed by atoms with Crippen molar-refractivity contribution in [1.29, 1.82) is 0 Å². The number of hydrogen-bond donors (Lipinski definition) is 6. The van der Waals surface area contributed by atoms with E-state index in [-0.39, 0.29) is 44.2 Å². The van der Waals surface area contributed by atoms with E-state index < -0.39 is 72.0 Å². The van der Waals surface area contributed by atoms with Gasteiger partial charge in [-0.25, -0.2) is 0 Å². The van der Waals surface area contributed by atoms with Crippen molar-refractivity contribution in [3.8, 4) is 0 Å². The maximum absolute atomic E-state index is 13.1. The SMILES string of the molecule is CC(=O)NC1C(C)OC(COC(=O)CCCCCCCCCCCC(C)C)C(O)C1C[C@H](C)C(=O)N[C@@H](C)C(=O)N[C@@H](CCC(=O)O)C(N)=O. The van der Waals surface area contributed by atoms with Crippen LogP contribution in [0.2, 0.25) is 0 Å². The van der Waals surface area contributed by atoms with Crippen molar-refractivity contribution in [3.63, 3.8) is 0 Å². The zero-order chi connectivity index (χ0) is 37.8.